The van der Waals surface area contributed by atoms with E-state index >= 15 is 0 Å². The highest BCUT2D eigenvalue weighted by Gasteiger charge is 2.27. The van der Waals surface area contributed by atoms with E-state index in [2.05, 4.69) is 64.1 Å². The molecule has 0 saturated heterocycles. The lowest BCUT2D eigenvalue weighted by Gasteiger charge is -2.25. The smallest absolute Gasteiger partial charge is 0.200 e. The fourth-order valence-corrected chi connectivity index (χ4v) is 6.50. The van der Waals surface area contributed by atoms with Crippen molar-refractivity contribution in [3.05, 3.63) is 181 Å². The Morgan fingerprint density at radius 1 is 0.367 bits per heavy atom. The van der Waals surface area contributed by atoms with Crippen LogP contribution in [-0.4, -0.2) is 4.57 Å². The van der Waals surface area contributed by atoms with Gasteiger partial charge in [0.2, 0.25) is 5.82 Å². The molecule has 0 atom stereocenters. The molecule has 0 fully saturated rings. The molecular formula is C42H25F5N2. The maximum absolute atomic E-state index is 14.6. The molecule has 0 aliphatic heterocycles. The monoisotopic (exact) mass is 652 g/mol. The largest absolute Gasteiger partial charge is 0.310 e. The summed E-state index contributed by atoms with van der Waals surface area (Å²) in [6, 6.07) is 48.7. The Morgan fingerprint density at radius 2 is 0.918 bits per heavy atom. The molecule has 0 amide bonds. The number of halogens is 5. The van der Waals surface area contributed by atoms with Gasteiger partial charge in [0.1, 0.15) is 0 Å². The third-order valence-electron chi connectivity index (χ3n) is 8.76. The van der Waals surface area contributed by atoms with Crippen LogP contribution in [0, 0.1) is 29.1 Å². The van der Waals surface area contributed by atoms with E-state index in [1.54, 1.807) is 6.07 Å². The molecule has 1 aromatic heterocycles. The van der Waals surface area contributed by atoms with Crippen molar-refractivity contribution in [2.45, 2.75) is 0 Å². The summed E-state index contributed by atoms with van der Waals surface area (Å²) in [5.74, 6) is -9.87. The minimum Gasteiger partial charge on any atom is -0.310 e. The maximum Gasteiger partial charge on any atom is 0.200 e. The molecular weight excluding hydrogens is 627 g/mol. The van der Waals surface area contributed by atoms with E-state index in [1.807, 2.05) is 72.8 Å². The predicted molar refractivity (Wildman–Crippen MR) is 186 cm³/mol. The van der Waals surface area contributed by atoms with Gasteiger partial charge in [-0.15, -0.1) is 0 Å². The molecule has 0 saturated carbocycles. The summed E-state index contributed by atoms with van der Waals surface area (Å²) in [4.78, 5) is 2.22. The zero-order valence-electron chi connectivity index (χ0n) is 25.7. The first kappa shape index (κ1) is 30.1. The van der Waals surface area contributed by atoms with E-state index < -0.39 is 34.6 Å². The Hall–Kier alpha value is -6.21. The lowest BCUT2D eigenvalue weighted by Crippen LogP contribution is -2.09. The molecule has 0 N–H and O–H groups in total. The SMILES string of the molecule is Fc1c(F)c(F)c(-c2cccc(-c3ccc(-n4c5ccccc5c5cc(N(c6ccccc6)c6ccccc6)ccc54)cc3)c2)c(F)c1F. The number of rotatable bonds is 6. The second kappa shape index (κ2) is 12.1. The van der Waals surface area contributed by atoms with Crippen LogP contribution in [0.5, 0.6) is 0 Å². The number of aromatic nitrogens is 1. The minimum absolute atomic E-state index is 0.118. The maximum atomic E-state index is 14.6. The van der Waals surface area contributed by atoms with Crippen molar-refractivity contribution in [2.24, 2.45) is 0 Å². The van der Waals surface area contributed by atoms with Crippen LogP contribution in [-0.2, 0) is 0 Å². The summed E-state index contributed by atoms with van der Waals surface area (Å²) < 4.78 is 73.0. The number of hydrogen-bond acceptors (Lipinski definition) is 1. The normalized spacial score (nSPS) is 11.4. The van der Waals surface area contributed by atoms with Crippen molar-refractivity contribution >= 4 is 38.9 Å². The first-order chi connectivity index (χ1) is 23.9. The van der Waals surface area contributed by atoms with Gasteiger partial charge in [-0.25, -0.2) is 22.0 Å². The molecule has 0 aliphatic carbocycles. The molecule has 0 radical (unpaired) electrons. The van der Waals surface area contributed by atoms with Crippen LogP contribution in [0.4, 0.5) is 39.0 Å². The molecule has 0 spiro atoms. The second-order valence-corrected chi connectivity index (χ2v) is 11.6. The molecule has 0 bridgehead atoms. The number of para-hydroxylation sites is 3. The van der Waals surface area contributed by atoms with Crippen molar-refractivity contribution in [3.8, 4) is 27.9 Å². The van der Waals surface area contributed by atoms with E-state index in [4.69, 9.17) is 0 Å². The van der Waals surface area contributed by atoms with E-state index in [9.17, 15) is 22.0 Å². The van der Waals surface area contributed by atoms with Gasteiger partial charge in [-0.3, -0.25) is 0 Å². The second-order valence-electron chi connectivity index (χ2n) is 11.6. The number of benzene rings is 7. The van der Waals surface area contributed by atoms with Crippen molar-refractivity contribution in [1.82, 2.24) is 4.57 Å². The zero-order valence-corrected chi connectivity index (χ0v) is 25.7. The molecule has 1 heterocycles. The topological polar surface area (TPSA) is 8.17 Å². The summed E-state index contributed by atoms with van der Waals surface area (Å²) in [5, 5.41) is 2.16. The molecule has 0 aliphatic rings. The van der Waals surface area contributed by atoms with E-state index in [0.29, 0.717) is 11.1 Å². The van der Waals surface area contributed by atoms with Crippen LogP contribution in [0.2, 0.25) is 0 Å². The summed E-state index contributed by atoms with van der Waals surface area (Å²) >= 11 is 0. The van der Waals surface area contributed by atoms with E-state index in [-0.39, 0.29) is 5.56 Å². The van der Waals surface area contributed by atoms with Crippen LogP contribution in [0.15, 0.2) is 152 Å². The quantitative estimate of drug-likeness (QED) is 0.0986. The van der Waals surface area contributed by atoms with Crippen LogP contribution < -0.4 is 4.90 Å². The van der Waals surface area contributed by atoms with Gasteiger partial charge < -0.3 is 9.47 Å². The predicted octanol–water partition coefficient (Wildman–Crippen LogP) is 12.3. The van der Waals surface area contributed by atoms with Gasteiger partial charge in [0.05, 0.1) is 16.6 Å². The molecule has 0 unspecified atom stereocenters. The molecule has 2 nitrogen and oxygen atoms in total. The molecule has 238 valence electrons. The van der Waals surface area contributed by atoms with E-state index in [1.165, 1.54) is 18.2 Å². The highest BCUT2D eigenvalue weighted by molar-refractivity contribution is 6.10. The lowest BCUT2D eigenvalue weighted by atomic mass is 9.98. The van der Waals surface area contributed by atoms with Crippen molar-refractivity contribution < 1.29 is 22.0 Å². The first-order valence-corrected chi connectivity index (χ1v) is 15.6. The van der Waals surface area contributed by atoms with Gasteiger partial charge in [-0.1, -0.05) is 84.9 Å². The fourth-order valence-electron chi connectivity index (χ4n) is 6.50. The van der Waals surface area contributed by atoms with Crippen molar-refractivity contribution in [3.63, 3.8) is 0 Å². The van der Waals surface area contributed by atoms with E-state index in [0.717, 1.165) is 44.6 Å². The van der Waals surface area contributed by atoms with Crippen LogP contribution in [0.1, 0.15) is 0 Å². The number of fused-ring (bicyclic) bond motifs is 3. The number of hydrogen-bond donors (Lipinski definition) is 0. The van der Waals surface area contributed by atoms with Gasteiger partial charge in [0.25, 0.3) is 0 Å². The van der Waals surface area contributed by atoms with Gasteiger partial charge in [-0.2, -0.15) is 0 Å². The fraction of sp³-hybridized carbons (Fsp3) is 0. The lowest BCUT2D eigenvalue weighted by molar-refractivity contribution is 0.381. The number of anilines is 3. The summed E-state index contributed by atoms with van der Waals surface area (Å²) in [6.45, 7) is 0. The summed E-state index contributed by atoms with van der Waals surface area (Å²) in [6.07, 6.45) is 0. The average molecular weight is 653 g/mol. The Kier molecular flexibility index (Phi) is 7.45. The Labute approximate surface area is 278 Å². The summed E-state index contributed by atoms with van der Waals surface area (Å²) in [7, 11) is 0. The third-order valence-corrected chi connectivity index (χ3v) is 8.76. The van der Waals surface area contributed by atoms with Gasteiger partial charge in [-0.05, 0) is 83.4 Å². The van der Waals surface area contributed by atoms with Crippen LogP contribution >= 0.6 is 0 Å². The number of nitrogens with zero attached hydrogens (tertiary/aromatic N) is 2. The third kappa shape index (κ3) is 5.11. The van der Waals surface area contributed by atoms with Crippen LogP contribution in [0.3, 0.4) is 0 Å². The Morgan fingerprint density at radius 3 is 1.57 bits per heavy atom. The average Bonchev–Trinajstić information content (AvgIpc) is 3.48. The minimum atomic E-state index is -2.18. The Balaban J connectivity index is 1.21. The zero-order chi connectivity index (χ0) is 33.6. The highest BCUT2D eigenvalue weighted by atomic mass is 19.2. The first-order valence-electron chi connectivity index (χ1n) is 15.6. The van der Waals surface area contributed by atoms with Crippen LogP contribution in [0.25, 0.3) is 49.7 Å². The van der Waals surface area contributed by atoms with Gasteiger partial charge in [0, 0.05) is 33.5 Å². The molecule has 49 heavy (non-hydrogen) atoms. The summed E-state index contributed by atoms with van der Waals surface area (Å²) in [5.41, 5.74) is 6.19. The standard InChI is InChI=1S/C42H25F5N2/c43-38-37(39(44)41(46)42(47)40(38)45)28-11-9-10-27(24-28)26-18-20-31(21-19-26)49-35-17-8-7-16-33(35)34-25-32(22-23-36(34)49)48(29-12-3-1-4-13-29)30-14-5-2-6-15-30/h1-25H. The molecule has 7 aromatic carbocycles. The molecule has 8 aromatic rings. The van der Waals surface area contributed by atoms with Gasteiger partial charge in [0.15, 0.2) is 23.3 Å². The highest BCUT2D eigenvalue weighted by Crippen LogP contribution is 2.40. The molecule has 8 rings (SSSR count). The Bertz CT molecular complexity index is 2420. The van der Waals surface area contributed by atoms with Crippen molar-refractivity contribution in [1.29, 1.82) is 0 Å². The van der Waals surface area contributed by atoms with Crippen molar-refractivity contribution in [2.75, 3.05) is 4.90 Å². The molecule has 7 heteroatoms. The van der Waals surface area contributed by atoms with Gasteiger partial charge >= 0.3 is 0 Å².